The van der Waals surface area contributed by atoms with Crippen LogP contribution in [0.1, 0.15) is 50.7 Å². The van der Waals surface area contributed by atoms with Gasteiger partial charge in [0.15, 0.2) is 12.7 Å². The molecule has 31 heavy (non-hydrogen) atoms. The van der Waals surface area contributed by atoms with Crippen molar-refractivity contribution in [1.82, 2.24) is 0 Å². The Balaban J connectivity index is 1.65. The van der Waals surface area contributed by atoms with Gasteiger partial charge in [-0.05, 0) is 80.4 Å². The number of rotatable bonds is 10. The van der Waals surface area contributed by atoms with Gasteiger partial charge in [0, 0.05) is 7.11 Å². The summed E-state index contributed by atoms with van der Waals surface area (Å²) in [7, 11) is 1.49. The number of methoxy groups -OCH3 is 1. The van der Waals surface area contributed by atoms with Crippen molar-refractivity contribution in [2.75, 3.05) is 13.7 Å². The van der Waals surface area contributed by atoms with E-state index in [9.17, 15) is 14.7 Å². The number of carboxylic acid groups (broad SMARTS) is 1. The van der Waals surface area contributed by atoms with Gasteiger partial charge in [0.1, 0.15) is 11.9 Å². The van der Waals surface area contributed by atoms with Gasteiger partial charge in [-0.15, -0.1) is 0 Å². The van der Waals surface area contributed by atoms with E-state index in [2.05, 4.69) is 6.07 Å². The Morgan fingerprint density at radius 3 is 2.71 bits per heavy atom. The van der Waals surface area contributed by atoms with Crippen LogP contribution in [0, 0.1) is 17.8 Å². The molecule has 0 heterocycles. The zero-order valence-corrected chi connectivity index (χ0v) is 18.6. The molecule has 0 bridgehead atoms. The number of esters is 1. The van der Waals surface area contributed by atoms with Crippen molar-refractivity contribution in [2.24, 2.45) is 17.8 Å². The summed E-state index contributed by atoms with van der Waals surface area (Å²) in [5.41, 5.74) is 2.25. The van der Waals surface area contributed by atoms with Crippen molar-refractivity contribution in [3.05, 3.63) is 29.3 Å². The number of ether oxygens (including phenoxy) is 3. The number of carbonyl (C=O) groups excluding carboxylic acids is 1. The van der Waals surface area contributed by atoms with Crippen LogP contribution in [0.2, 0.25) is 0 Å². The molecule has 1 fully saturated rings. The molecule has 0 aromatic heterocycles. The summed E-state index contributed by atoms with van der Waals surface area (Å²) in [6.45, 7) is 3.32. The van der Waals surface area contributed by atoms with E-state index >= 15 is 0 Å². The second-order valence-corrected chi connectivity index (χ2v) is 8.80. The van der Waals surface area contributed by atoms with Crippen LogP contribution in [-0.4, -0.2) is 54.2 Å². The van der Waals surface area contributed by atoms with Crippen LogP contribution in [0.3, 0.4) is 0 Å². The Bertz CT molecular complexity index is 777. The molecule has 172 valence electrons. The first-order chi connectivity index (χ1) is 14.8. The Morgan fingerprint density at radius 2 is 2.03 bits per heavy atom. The maximum Gasteiger partial charge on any atom is 0.341 e. The van der Waals surface area contributed by atoms with Crippen LogP contribution in [0.15, 0.2) is 18.2 Å². The highest BCUT2D eigenvalue weighted by Crippen LogP contribution is 2.48. The zero-order chi connectivity index (χ0) is 22.5. The van der Waals surface area contributed by atoms with E-state index in [4.69, 9.17) is 19.3 Å². The molecule has 2 aliphatic rings. The molecular weight excluding hydrogens is 400 g/mol. The molecule has 0 saturated heterocycles. The molecule has 0 amide bonds. The molecule has 0 radical (unpaired) electrons. The zero-order valence-electron chi connectivity index (χ0n) is 18.6. The molecule has 1 aromatic carbocycles. The molecule has 7 nitrogen and oxygen atoms in total. The summed E-state index contributed by atoms with van der Waals surface area (Å²) < 4.78 is 16.1. The lowest BCUT2D eigenvalue weighted by atomic mass is 9.73. The first-order valence-corrected chi connectivity index (χ1v) is 11.2. The number of aliphatic carboxylic acids is 1. The topological polar surface area (TPSA) is 102 Å². The molecule has 1 saturated carbocycles. The lowest BCUT2D eigenvalue weighted by Crippen LogP contribution is -2.30. The van der Waals surface area contributed by atoms with E-state index in [1.54, 1.807) is 6.92 Å². The number of aliphatic hydroxyl groups is 1. The minimum Gasteiger partial charge on any atom is -0.482 e. The molecule has 7 heteroatoms. The van der Waals surface area contributed by atoms with Gasteiger partial charge in [-0.2, -0.15) is 0 Å². The average Bonchev–Trinajstić information content (AvgIpc) is 3.06. The van der Waals surface area contributed by atoms with Crippen LogP contribution in [0.5, 0.6) is 5.75 Å². The summed E-state index contributed by atoms with van der Waals surface area (Å²) in [6, 6.07) is 5.80. The number of fused-ring (bicyclic) bond motifs is 2. The van der Waals surface area contributed by atoms with Crippen molar-refractivity contribution in [3.8, 4) is 5.75 Å². The predicted molar refractivity (Wildman–Crippen MR) is 114 cm³/mol. The Morgan fingerprint density at radius 1 is 1.26 bits per heavy atom. The number of hydrogen-bond donors (Lipinski definition) is 2. The van der Waals surface area contributed by atoms with Gasteiger partial charge >= 0.3 is 11.9 Å². The summed E-state index contributed by atoms with van der Waals surface area (Å²) in [4.78, 5) is 22.9. The number of carboxylic acids is 1. The highest BCUT2D eigenvalue weighted by atomic mass is 16.6. The highest BCUT2D eigenvalue weighted by Gasteiger charge is 2.45. The monoisotopic (exact) mass is 434 g/mol. The van der Waals surface area contributed by atoms with Crippen molar-refractivity contribution < 1.29 is 34.0 Å². The van der Waals surface area contributed by atoms with Gasteiger partial charge < -0.3 is 24.4 Å². The van der Waals surface area contributed by atoms with E-state index in [-0.39, 0.29) is 30.7 Å². The third-order valence-corrected chi connectivity index (χ3v) is 6.94. The van der Waals surface area contributed by atoms with Gasteiger partial charge in [0.05, 0.1) is 6.10 Å². The Kier molecular flexibility index (Phi) is 7.94. The molecule has 0 spiro atoms. The quantitative estimate of drug-likeness (QED) is 0.546. The van der Waals surface area contributed by atoms with Gasteiger partial charge in [0.25, 0.3) is 0 Å². The van der Waals surface area contributed by atoms with E-state index in [1.165, 1.54) is 12.7 Å². The third kappa shape index (κ3) is 5.57. The van der Waals surface area contributed by atoms with Crippen molar-refractivity contribution in [2.45, 2.75) is 70.7 Å². The van der Waals surface area contributed by atoms with Crippen molar-refractivity contribution in [3.63, 3.8) is 0 Å². The standard InChI is InChI=1S/C24H34O7/c1-4-17(31-24(28)14(2)29-3)8-9-18-19-10-15-6-5-7-22(30-13-23(26)27)20(15)11-16(19)12-21(18)25/h5-7,14,16-19,21,25H,4,8-13H2,1-3H3,(H,26,27)/t14-,16+,17+,18-,19+,21-/m1/s1. The first kappa shape index (κ1) is 23.5. The Labute approximate surface area is 183 Å². The summed E-state index contributed by atoms with van der Waals surface area (Å²) in [5.74, 6) is 0.172. The summed E-state index contributed by atoms with van der Waals surface area (Å²) in [6.07, 6.45) is 3.50. The Hall–Kier alpha value is -2.12. The number of hydrogen-bond acceptors (Lipinski definition) is 6. The summed E-state index contributed by atoms with van der Waals surface area (Å²) in [5, 5.41) is 19.7. The van der Waals surface area contributed by atoms with Crippen molar-refractivity contribution >= 4 is 11.9 Å². The van der Waals surface area contributed by atoms with Gasteiger partial charge in [0.2, 0.25) is 0 Å². The molecule has 3 rings (SSSR count). The fourth-order valence-electron chi connectivity index (χ4n) is 5.16. The van der Waals surface area contributed by atoms with Gasteiger partial charge in [-0.1, -0.05) is 19.1 Å². The van der Waals surface area contributed by atoms with Crippen LogP contribution < -0.4 is 4.74 Å². The molecular formula is C24H34O7. The third-order valence-electron chi connectivity index (χ3n) is 6.94. The second-order valence-electron chi connectivity index (χ2n) is 8.80. The van der Waals surface area contributed by atoms with E-state index in [1.807, 2.05) is 19.1 Å². The normalized spacial score (nSPS) is 26.5. The molecule has 1 aromatic rings. The van der Waals surface area contributed by atoms with E-state index in [0.717, 1.165) is 44.1 Å². The molecule has 2 aliphatic carbocycles. The molecule has 6 atom stereocenters. The van der Waals surface area contributed by atoms with E-state index < -0.39 is 12.1 Å². The lowest BCUT2D eigenvalue weighted by molar-refractivity contribution is -0.160. The minimum absolute atomic E-state index is 0.161. The van der Waals surface area contributed by atoms with Gasteiger partial charge in [-0.25, -0.2) is 9.59 Å². The summed E-state index contributed by atoms with van der Waals surface area (Å²) >= 11 is 0. The maximum absolute atomic E-state index is 12.1. The minimum atomic E-state index is -0.992. The number of carbonyl (C=O) groups is 2. The van der Waals surface area contributed by atoms with Crippen molar-refractivity contribution in [1.29, 1.82) is 0 Å². The fourth-order valence-corrected chi connectivity index (χ4v) is 5.16. The average molecular weight is 435 g/mol. The first-order valence-electron chi connectivity index (χ1n) is 11.2. The fraction of sp³-hybridized carbons (Fsp3) is 0.667. The SMILES string of the molecule is CC[C@@H](CC[C@@H]1[C@H]2Cc3cccc(OCC(=O)O)c3C[C@H]2C[C@H]1O)OC(=O)[C@@H](C)OC. The molecule has 2 N–H and O–H groups in total. The highest BCUT2D eigenvalue weighted by molar-refractivity contribution is 5.74. The van der Waals surface area contributed by atoms with Crippen LogP contribution in [0.4, 0.5) is 0 Å². The molecule has 0 unspecified atom stereocenters. The smallest absolute Gasteiger partial charge is 0.341 e. The van der Waals surface area contributed by atoms with E-state index in [0.29, 0.717) is 17.6 Å². The maximum atomic E-state index is 12.1. The second kappa shape index (κ2) is 10.5. The van der Waals surface area contributed by atoms with Crippen LogP contribution >= 0.6 is 0 Å². The number of aliphatic hydroxyl groups excluding tert-OH is 1. The van der Waals surface area contributed by atoms with Crippen LogP contribution in [-0.2, 0) is 31.9 Å². The lowest BCUT2D eigenvalue weighted by Gasteiger charge is -2.32. The number of benzene rings is 1. The predicted octanol–water partition coefficient (Wildman–Crippen LogP) is 3.00. The largest absolute Gasteiger partial charge is 0.482 e. The van der Waals surface area contributed by atoms with Gasteiger partial charge in [-0.3, -0.25) is 0 Å². The van der Waals surface area contributed by atoms with Crippen LogP contribution in [0.25, 0.3) is 0 Å². The molecule has 0 aliphatic heterocycles.